The van der Waals surface area contributed by atoms with Crippen LogP contribution in [0.5, 0.6) is 0 Å². The first-order valence-corrected chi connectivity index (χ1v) is 7.58. The van der Waals surface area contributed by atoms with Crippen LogP contribution in [0.25, 0.3) is 23.1 Å². The quantitative estimate of drug-likeness (QED) is 0.492. The maximum atomic E-state index is 3.78. The van der Waals surface area contributed by atoms with Crippen molar-refractivity contribution in [2.45, 2.75) is 0 Å². The summed E-state index contributed by atoms with van der Waals surface area (Å²) in [7, 11) is 0. The highest BCUT2D eigenvalue weighted by Gasteiger charge is 1.97. The van der Waals surface area contributed by atoms with Crippen molar-refractivity contribution in [3.05, 3.63) is 103 Å². The van der Waals surface area contributed by atoms with Gasteiger partial charge in [0.1, 0.15) is 0 Å². The normalized spacial score (nSPS) is 10.4. The van der Waals surface area contributed by atoms with Crippen LogP contribution < -0.4 is 0 Å². The summed E-state index contributed by atoms with van der Waals surface area (Å²) in [6.07, 6.45) is 9.76. The van der Waals surface area contributed by atoms with E-state index in [1.807, 2.05) is 30.5 Å². The topological polar surface area (TPSA) is 28.7 Å². The van der Waals surface area contributed by atoms with Gasteiger partial charge >= 0.3 is 0 Å². The summed E-state index contributed by atoms with van der Waals surface area (Å²) in [5, 5.41) is 1.25. The van der Waals surface area contributed by atoms with Gasteiger partial charge in [-0.2, -0.15) is 0 Å². The van der Waals surface area contributed by atoms with Crippen LogP contribution in [-0.4, -0.2) is 9.97 Å². The number of nitrogens with one attached hydrogen (secondary N) is 1. The summed E-state index contributed by atoms with van der Waals surface area (Å²) in [5.41, 5.74) is 3.63. The number of nitrogens with zero attached hydrogens (tertiary/aromatic N) is 1. The lowest BCUT2D eigenvalue weighted by atomic mass is 10.1. The number of hydrogen-bond acceptors (Lipinski definition) is 1. The molecule has 2 nitrogen and oxygen atoms in total. The number of aromatic nitrogens is 2. The fourth-order valence-electron chi connectivity index (χ4n) is 2.31. The molecule has 1 N–H and O–H groups in total. The van der Waals surface area contributed by atoms with Crippen molar-refractivity contribution >= 4 is 23.1 Å². The van der Waals surface area contributed by atoms with Gasteiger partial charge in [-0.1, -0.05) is 66.7 Å². The molecule has 2 aromatic carbocycles. The summed E-state index contributed by atoms with van der Waals surface area (Å²) in [6, 6.07) is 24.5. The van der Waals surface area contributed by atoms with Crippen LogP contribution in [0.2, 0.25) is 0 Å². The van der Waals surface area contributed by atoms with Crippen LogP contribution >= 0.6 is 0 Å². The van der Waals surface area contributed by atoms with Gasteiger partial charge in [-0.05, 0) is 34.7 Å². The largest absolute Gasteiger partial charge is 0.361 e. The lowest BCUT2D eigenvalue weighted by Gasteiger charge is -1.97. The van der Waals surface area contributed by atoms with Crippen LogP contribution in [0.15, 0.2) is 91.4 Å². The minimum Gasteiger partial charge on any atom is -0.361 e. The van der Waals surface area contributed by atoms with Crippen LogP contribution in [0.1, 0.15) is 11.1 Å². The Balaban J connectivity index is 0.000000220. The van der Waals surface area contributed by atoms with Crippen LogP contribution in [0.4, 0.5) is 0 Å². The zero-order valence-electron chi connectivity index (χ0n) is 12.8. The molecule has 112 valence electrons. The predicted octanol–water partition coefficient (Wildman–Crippen LogP) is 5.42. The number of rotatable bonds is 2. The Morgan fingerprint density at radius 2 is 1.48 bits per heavy atom. The van der Waals surface area contributed by atoms with Gasteiger partial charge in [-0.25, -0.2) is 0 Å². The summed E-state index contributed by atoms with van der Waals surface area (Å²) in [4.78, 5) is 7.06. The smallest absolute Gasteiger partial charge is 0.0527 e. The molecule has 0 atom stereocenters. The van der Waals surface area contributed by atoms with Gasteiger partial charge in [0.05, 0.1) is 5.52 Å². The zero-order chi connectivity index (χ0) is 15.7. The average molecular weight is 298 g/mol. The molecule has 23 heavy (non-hydrogen) atoms. The Bertz CT molecular complexity index is 835. The highest BCUT2D eigenvalue weighted by atomic mass is 14.7. The SMILES string of the molecule is C(=Cc1cccc2cc[nH]c12)c1ccccc1.c1ccncc1. The van der Waals surface area contributed by atoms with Gasteiger partial charge in [-0.3, -0.25) is 4.98 Å². The van der Waals surface area contributed by atoms with E-state index in [1.165, 1.54) is 22.0 Å². The van der Waals surface area contributed by atoms with Gasteiger partial charge < -0.3 is 4.98 Å². The van der Waals surface area contributed by atoms with Crippen molar-refractivity contribution in [1.29, 1.82) is 0 Å². The summed E-state index contributed by atoms with van der Waals surface area (Å²) >= 11 is 0. The summed E-state index contributed by atoms with van der Waals surface area (Å²) in [6.45, 7) is 0. The fourth-order valence-corrected chi connectivity index (χ4v) is 2.31. The molecule has 2 heterocycles. The van der Waals surface area contributed by atoms with E-state index in [0.717, 1.165) is 0 Å². The summed E-state index contributed by atoms with van der Waals surface area (Å²) < 4.78 is 0. The van der Waals surface area contributed by atoms with Crippen LogP contribution in [0.3, 0.4) is 0 Å². The molecule has 0 unspecified atom stereocenters. The second kappa shape index (κ2) is 7.76. The van der Waals surface area contributed by atoms with Crippen molar-refractivity contribution in [3.63, 3.8) is 0 Å². The maximum Gasteiger partial charge on any atom is 0.0527 e. The minimum absolute atomic E-state index is 1.19. The molecule has 0 bridgehead atoms. The molecule has 2 heteroatoms. The van der Waals surface area contributed by atoms with E-state index in [2.05, 4.69) is 70.7 Å². The Morgan fingerprint density at radius 3 is 2.17 bits per heavy atom. The number of para-hydroxylation sites is 1. The summed E-state index contributed by atoms with van der Waals surface area (Å²) in [5.74, 6) is 0. The van der Waals surface area contributed by atoms with Gasteiger partial charge in [0.25, 0.3) is 0 Å². The Hall–Kier alpha value is -3.13. The van der Waals surface area contributed by atoms with E-state index in [1.54, 1.807) is 12.4 Å². The van der Waals surface area contributed by atoms with Crippen molar-refractivity contribution in [1.82, 2.24) is 9.97 Å². The van der Waals surface area contributed by atoms with Crippen LogP contribution in [0, 0.1) is 0 Å². The minimum atomic E-state index is 1.19. The molecule has 0 aliphatic heterocycles. The molecular weight excluding hydrogens is 280 g/mol. The van der Waals surface area contributed by atoms with Crippen molar-refractivity contribution in [2.24, 2.45) is 0 Å². The average Bonchev–Trinajstić information content (AvgIpc) is 3.12. The maximum absolute atomic E-state index is 3.78. The Morgan fingerprint density at radius 1 is 0.696 bits per heavy atom. The van der Waals surface area contributed by atoms with Gasteiger partial charge in [-0.15, -0.1) is 0 Å². The third kappa shape index (κ3) is 4.17. The molecule has 0 amide bonds. The lowest BCUT2D eigenvalue weighted by Crippen LogP contribution is -1.76. The van der Waals surface area contributed by atoms with E-state index in [-0.39, 0.29) is 0 Å². The molecule has 0 aliphatic carbocycles. The van der Waals surface area contributed by atoms with E-state index in [0.29, 0.717) is 0 Å². The molecular formula is C21H18N2. The molecule has 0 radical (unpaired) electrons. The van der Waals surface area contributed by atoms with E-state index in [4.69, 9.17) is 0 Å². The second-order valence-corrected chi connectivity index (χ2v) is 5.06. The van der Waals surface area contributed by atoms with E-state index >= 15 is 0 Å². The molecule has 0 fully saturated rings. The Labute approximate surface area is 136 Å². The van der Waals surface area contributed by atoms with Crippen LogP contribution in [-0.2, 0) is 0 Å². The van der Waals surface area contributed by atoms with Gasteiger partial charge in [0.15, 0.2) is 0 Å². The van der Waals surface area contributed by atoms with Crippen molar-refractivity contribution in [3.8, 4) is 0 Å². The highest BCUT2D eigenvalue weighted by Crippen LogP contribution is 2.19. The first-order valence-electron chi connectivity index (χ1n) is 7.58. The first kappa shape index (κ1) is 14.8. The standard InChI is InChI=1S/C16H13N.C5H5N/c1-2-5-13(6-3-1)9-10-14-7-4-8-15-11-12-17-16(14)15;1-2-4-6-5-3-1/h1-12,17H;1-5H. The van der Waals surface area contributed by atoms with Gasteiger partial charge in [0.2, 0.25) is 0 Å². The number of pyridine rings is 1. The monoisotopic (exact) mass is 298 g/mol. The number of fused-ring (bicyclic) bond motifs is 1. The highest BCUT2D eigenvalue weighted by molar-refractivity contribution is 5.90. The molecule has 0 saturated carbocycles. The van der Waals surface area contributed by atoms with Crippen molar-refractivity contribution < 1.29 is 0 Å². The van der Waals surface area contributed by atoms with E-state index in [9.17, 15) is 0 Å². The second-order valence-electron chi connectivity index (χ2n) is 5.06. The lowest BCUT2D eigenvalue weighted by molar-refractivity contribution is 1.33. The molecule has 0 saturated heterocycles. The molecule has 4 aromatic rings. The number of H-pyrrole nitrogens is 1. The van der Waals surface area contributed by atoms with Gasteiger partial charge in [0, 0.05) is 18.6 Å². The number of aromatic amines is 1. The molecule has 4 rings (SSSR count). The number of hydrogen-bond donors (Lipinski definition) is 1. The van der Waals surface area contributed by atoms with Crippen molar-refractivity contribution in [2.75, 3.05) is 0 Å². The third-order valence-electron chi connectivity index (χ3n) is 3.44. The Kier molecular flexibility index (Phi) is 4.99. The number of benzene rings is 2. The zero-order valence-corrected chi connectivity index (χ0v) is 12.8. The fraction of sp³-hybridized carbons (Fsp3) is 0. The van der Waals surface area contributed by atoms with E-state index < -0.39 is 0 Å². The molecule has 0 aliphatic rings. The molecule has 2 aromatic heterocycles. The predicted molar refractivity (Wildman–Crippen MR) is 97.9 cm³/mol. The first-order chi connectivity index (χ1) is 11.4. The molecule has 0 spiro atoms. The third-order valence-corrected chi connectivity index (χ3v) is 3.44.